The molecule has 2 aliphatic heterocycles. The van der Waals surface area contributed by atoms with Crippen molar-refractivity contribution in [1.82, 2.24) is 4.90 Å². The lowest BCUT2D eigenvalue weighted by Crippen LogP contribution is -2.68. The molecule has 7 nitrogen and oxygen atoms in total. The van der Waals surface area contributed by atoms with Crippen LogP contribution in [0.4, 0.5) is 0 Å². The standard InChI is InChI=1S/C8H12N2O3S.C5H10O2.ClH/c1-8(2)4(7(12)13)10-5(11)3(9)6(10)14-8;1-5(2,3)4(6)7;/h3-4,6H,9H2,1-2H3,(H,12,13);1-3H3,(H,6,7);1H/t3-,4+,6-;;/m1../s1. The van der Waals surface area contributed by atoms with E-state index in [9.17, 15) is 14.4 Å². The van der Waals surface area contributed by atoms with Gasteiger partial charge in [0, 0.05) is 4.75 Å². The van der Waals surface area contributed by atoms with Crippen LogP contribution in [-0.4, -0.2) is 55.2 Å². The third kappa shape index (κ3) is 3.85. The second-order valence-electron chi connectivity index (χ2n) is 6.68. The Labute approximate surface area is 140 Å². The fourth-order valence-electron chi connectivity index (χ4n) is 2.04. The van der Waals surface area contributed by atoms with Gasteiger partial charge in [-0.3, -0.25) is 9.59 Å². The highest BCUT2D eigenvalue weighted by Gasteiger charge is 2.62. The van der Waals surface area contributed by atoms with Crippen molar-refractivity contribution < 1.29 is 24.6 Å². The normalized spacial score (nSPS) is 28.5. The largest absolute Gasteiger partial charge is 0.481 e. The number of aliphatic carboxylic acids is 2. The smallest absolute Gasteiger partial charge is 0.327 e. The molecule has 0 spiro atoms. The van der Waals surface area contributed by atoms with Crippen molar-refractivity contribution in [2.45, 2.75) is 56.8 Å². The predicted molar refractivity (Wildman–Crippen MR) is 86.0 cm³/mol. The minimum atomic E-state index is -0.953. The maximum absolute atomic E-state index is 11.4. The van der Waals surface area contributed by atoms with Gasteiger partial charge in [-0.15, -0.1) is 24.2 Å². The van der Waals surface area contributed by atoms with Gasteiger partial charge in [-0.05, 0) is 34.6 Å². The molecule has 2 heterocycles. The zero-order valence-corrected chi connectivity index (χ0v) is 14.8. The molecule has 128 valence electrons. The molecule has 2 rings (SSSR count). The number of amides is 1. The number of carboxylic acids is 2. The molecule has 9 heteroatoms. The molecule has 2 fully saturated rings. The van der Waals surface area contributed by atoms with E-state index in [1.165, 1.54) is 16.7 Å². The summed E-state index contributed by atoms with van der Waals surface area (Å²) < 4.78 is -0.458. The number of rotatable bonds is 1. The average molecular weight is 355 g/mol. The summed E-state index contributed by atoms with van der Waals surface area (Å²) in [5.74, 6) is -1.96. The van der Waals surface area contributed by atoms with Gasteiger partial charge in [-0.25, -0.2) is 4.79 Å². The maximum atomic E-state index is 11.4. The van der Waals surface area contributed by atoms with E-state index in [4.69, 9.17) is 15.9 Å². The van der Waals surface area contributed by atoms with Gasteiger partial charge in [0.05, 0.1) is 5.41 Å². The highest BCUT2D eigenvalue weighted by atomic mass is 35.5. The van der Waals surface area contributed by atoms with Gasteiger partial charge in [-0.2, -0.15) is 0 Å². The van der Waals surface area contributed by atoms with E-state index in [1.807, 2.05) is 13.8 Å². The van der Waals surface area contributed by atoms with Crippen LogP contribution in [0.3, 0.4) is 0 Å². The number of carbonyl (C=O) groups excluding carboxylic acids is 1. The first-order valence-electron chi connectivity index (χ1n) is 6.52. The molecule has 1 amide bonds. The van der Waals surface area contributed by atoms with Crippen LogP contribution in [0.25, 0.3) is 0 Å². The summed E-state index contributed by atoms with van der Waals surface area (Å²) in [7, 11) is 0. The molecule has 22 heavy (non-hydrogen) atoms. The van der Waals surface area contributed by atoms with Crippen LogP contribution in [0.15, 0.2) is 0 Å². The first-order valence-corrected chi connectivity index (χ1v) is 7.40. The maximum Gasteiger partial charge on any atom is 0.327 e. The van der Waals surface area contributed by atoms with Crippen molar-refractivity contribution in [3.05, 3.63) is 0 Å². The van der Waals surface area contributed by atoms with Crippen molar-refractivity contribution >= 4 is 42.0 Å². The molecule has 0 aliphatic carbocycles. The summed E-state index contributed by atoms with van der Waals surface area (Å²) >= 11 is 1.47. The second-order valence-corrected chi connectivity index (χ2v) is 8.45. The Hall–Kier alpha value is -0.990. The van der Waals surface area contributed by atoms with Crippen LogP contribution in [0.5, 0.6) is 0 Å². The first kappa shape index (κ1) is 21.0. The Balaban J connectivity index is 0.000000478. The molecular formula is C13H23ClN2O5S. The quantitative estimate of drug-likeness (QED) is 0.600. The molecule has 0 aromatic rings. The van der Waals surface area contributed by atoms with Gasteiger partial charge in [-0.1, -0.05) is 0 Å². The summed E-state index contributed by atoms with van der Waals surface area (Å²) in [6.07, 6.45) is 0. The number of fused-ring (bicyclic) bond motifs is 1. The number of hydrogen-bond donors (Lipinski definition) is 3. The molecule has 0 saturated carbocycles. The monoisotopic (exact) mass is 354 g/mol. The van der Waals surface area contributed by atoms with Crippen LogP contribution in [0.1, 0.15) is 34.6 Å². The van der Waals surface area contributed by atoms with Gasteiger partial charge >= 0.3 is 11.9 Å². The number of carboxylic acid groups (broad SMARTS) is 2. The summed E-state index contributed by atoms with van der Waals surface area (Å²) in [6, 6.07) is -1.27. The van der Waals surface area contributed by atoms with E-state index < -0.39 is 34.2 Å². The van der Waals surface area contributed by atoms with Crippen LogP contribution in [0, 0.1) is 5.41 Å². The lowest BCUT2D eigenvalue weighted by molar-refractivity contribution is -0.159. The topological polar surface area (TPSA) is 121 Å². The van der Waals surface area contributed by atoms with Crippen LogP contribution in [-0.2, 0) is 14.4 Å². The molecule has 0 unspecified atom stereocenters. The summed E-state index contributed by atoms with van der Waals surface area (Å²) in [5, 5.41) is 17.1. The summed E-state index contributed by atoms with van der Waals surface area (Å²) in [4.78, 5) is 33.8. The lowest BCUT2D eigenvalue weighted by atomic mass is 9.96. The van der Waals surface area contributed by atoms with Crippen LogP contribution >= 0.6 is 24.2 Å². The Bertz CT molecular complexity index is 478. The minimum absolute atomic E-state index is 0. The Morgan fingerprint density at radius 1 is 1.27 bits per heavy atom. The number of hydrogen-bond acceptors (Lipinski definition) is 5. The molecule has 0 aromatic carbocycles. The molecule has 0 bridgehead atoms. The van der Waals surface area contributed by atoms with E-state index in [0.29, 0.717) is 0 Å². The molecule has 0 radical (unpaired) electrons. The van der Waals surface area contributed by atoms with Gasteiger partial charge in [0.15, 0.2) is 0 Å². The first-order chi connectivity index (χ1) is 9.30. The third-order valence-corrected chi connectivity index (χ3v) is 4.95. The third-order valence-electron chi connectivity index (χ3n) is 3.36. The molecule has 2 aliphatic rings. The van der Waals surface area contributed by atoms with Crippen LogP contribution < -0.4 is 5.73 Å². The zero-order chi connectivity index (χ0) is 16.7. The number of halogens is 1. The van der Waals surface area contributed by atoms with E-state index in [-0.39, 0.29) is 23.7 Å². The Kier molecular flexibility index (Phi) is 6.34. The zero-order valence-electron chi connectivity index (χ0n) is 13.2. The average Bonchev–Trinajstić information content (AvgIpc) is 2.57. The number of β-lactam (4-membered cyclic amide) rings is 1. The molecule has 0 aromatic heterocycles. The highest BCUT2D eigenvalue weighted by Crippen LogP contribution is 2.50. The molecule has 2 saturated heterocycles. The molecular weight excluding hydrogens is 332 g/mol. The van der Waals surface area contributed by atoms with E-state index >= 15 is 0 Å². The fourth-order valence-corrected chi connectivity index (χ4v) is 3.61. The SMILES string of the molecule is CC(C)(C)C(=O)O.CC1(C)S[C@@H]2[C@H](N)C(=O)N2[C@H]1C(=O)O.Cl. The Morgan fingerprint density at radius 3 is 2.00 bits per heavy atom. The Morgan fingerprint density at radius 2 is 1.68 bits per heavy atom. The fraction of sp³-hybridized carbons (Fsp3) is 0.769. The number of thioether (sulfide) groups is 1. The predicted octanol–water partition coefficient (Wildman–Crippen LogP) is 1.000. The number of nitrogens with two attached hydrogens (primary N) is 1. The summed E-state index contributed by atoms with van der Waals surface area (Å²) in [6.45, 7) is 8.64. The van der Waals surface area contributed by atoms with E-state index in [0.717, 1.165) is 0 Å². The van der Waals surface area contributed by atoms with Crippen molar-refractivity contribution in [2.75, 3.05) is 0 Å². The van der Waals surface area contributed by atoms with Crippen molar-refractivity contribution in [2.24, 2.45) is 11.1 Å². The van der Waals surface area contributed by atoms with Crippen LogP contribution in [0.2, 0.25) is 0 Å². The number of nitrogens with zero attached hydrogens (tertiary/aromatic N) is 1. The summed E-state index contributed by atoms with van der Waals surface area (Å²) in [5.41, 5.74) is 5.00. The van der Waals surface area contributed by atoms with E-state index in [1.54, 1.807) is 20.8 Å². The highest BCUT2D eigenvalue weighted by molar-refractivity contribution is 8.01. The van der Waals surface area contributed by atoms with Crippen molar-refractivity contribution in [1.29, 1.82) is 0 Å². The minimum Gasteiger partial charge on any atom is -0.481 e. The lowest BCUT2D eigenvalue weighted by Gasteiger charge is -2.41. The van der Waals surface area contributed by atoms with Crippen molar-refractivity contribution in [3.8, 4) is 0 Å². The van der Waals surface area contributed by atoms with Crippen molar-refractivity contribution in [3.63, 3.8) is 0 Å². The van der Waals surface area contributed by atoms with Gasteiger partial charge in [0.25, 0.3) is 0 Å². The van der Waals surface area contributed by atoms with Gasteiger partial charge < -0.3 is 20.8 Å². The molecule has 3 atom stereocenters. The number of carbonyl (C=O) groups is 3. The second kappa shape index (κ2) is 6.64. The van der Waals surface area contributed by atoms with Gasteiger partial charge in [0.2, 0.25) is 5.91 Å². The van der Waals surface area contributed by atoms with E-state index in [2.05, 4.69) is 0 Å². The van der Waals surface area contributed by atoms with Gasteiger partial charge in [0.1, 0.15) is 17.5 Å². The molecule has 4 N–H and O–H groups in total.